The molecule has 1 rings (SSSR count). The van der Waals surface area contributed by atoms with E-state index in [1.54, 1.807) is 7.05 Å². The molecule has 0 fully saturated rings. The lowest BCUT2D eigenvalue weighted by Crippen LogP contribution is -2.25. The number of aliphatic hydroxyl groups excluding tert-OH is 1. The Morgan fingerprint density at radius 1 is 1.90 bits per heavy atom. The first kappa shape index (κ1) is 7.37. The fraction of sp³-hybridized carbons (Fsp3) is 0.667. The fourth-order valence-electron chi connectivity index (χ4n) is 0.721. The molecule has 10 heavy (non-hydrogen) atoms. The largest absolute Gasteiger partial charge is 0.462 e. The molecule has 0 bridgehead atoms. The Bertz CT molecular complexity index is 135. The maximum Gasteiger partial charge on any atom is 0.230 e. The van der Waals surface area contributed by atoms with Crippen molar-refractivity contribution >= 4 is 0 Å². The zero-order valence-electron chi connectivity index (χ0n) is 5.83. The zero-order chi connectivity index (χ0) is 7.40. The summed E-state index contributed by atoms with van der Waals surface area (Å²) in [4.78, 5) is 0. The summed E-state index contributed by atoms with van der Waals surface area (Å²) in [6, 6.07) is 0. The first-order chi connectivity index (χ1) is 4.84. The molecule has 0 spiro atoms. The average Bonchev–Trinajstić information content (AvgIpc) is 2.38. The van der Waals surface area contributed by atoms with Gasteiger partial charge in [0.25, 0.3) is 0 Å². The van der Waals surface area contributed by atoms with Crippen LogP contribution in [0.5, 0.6) is 0 Å². The molecule has 0 aromatic carbocycles. The molecule has 0 radical (unpaired) electrons. The second-order valence-electron chi connectivity index (χ2n) is 2.02. The second-order valence-corrected chi connectivity index (χ2v) is 2.02. The predicted octanol–water partition coefficient (Wildman–Crippen LogP) is -0.588. The second kappa shape index (κ2) is 3.43. The standard InChI is InChI=1S/C6H11NO3/c1-7-2-5(8)6-3-9-4-10-6/h3,5,7-8H,2,4H2,1H3. The monoisotopic (exact) mass is 145 g/mol. The van der Waals surface area contributed by atoms with Crippen LogP contribution in [0, 0.1) is 0 Å². The average molecular weight is 145 g/mol. The minimum absolute atomic E-state index is 0.218. The van der Waals surface area contributed by atoms with Crippen LogP contribution >= 0.6 is 0 Å². The van der Waals surface area contributed by atoms with E-state index in [1.165, 1.54) is 6.26 Å². The van der Waals surface area contributed by atoms with E-state index >= 15 is 0 Å². The first-order valence-electron chi connectivity index (χ1n) is 3.11. The molecule has 0 saturated carbocycles. The molecular formula is C6H11NO3. The fourth-order valence-corrected chi connectivity index (χ4v) is 0.721. The van der Waals surface area contributed by atoms with Gasteiger partial charge in [-0.05, 0) is 7.05 Å². The van der Waals surface area contributed by atoms with Crippen LogP contribution in [0.3, 0.4) is 0 Å². The third kappa shape index (κ3) is 1.62. The molecule has 0 aromatic rings. The topological polar surface area (TPSA) is 50.7 Å². The van der Waals surface area contributed by atoms with Crippen LogP contribution in [0.25, 0.3) is 0 Å². The number of nitrogens with one attached hydrogen (secondary N) is 1. The van der Waals surface area contributed by atoms with E-state index in [0.29, 0.717) is 12.3 Å². The molecule has 4 nitrogen and oxygen atoms in total. The van der Waals surface area contributed by atoms with Crippen LogP contribution in [-0.4, -0.2) is 31.6 Å². The van der Waals surface area contributed by atoms with Crippen LogP contribution in [-0.2, 0) is 9.47 Å². The lowest BCUT2D eigenvalue weighted by molar-refractivity contribution is 0.0506. The van der Waals surface area contributed by atoms with Gasteiger partial charge in [-0.3, -0.25) is 0 Å². The maximum absolute atomic E-state index is 9.21. The van der Waals surface area contributed by atoms with Crippen molar-refractivity contribution in [1.29, 1.82) is 0 Å². The molecular weight excluding hydrogens is 134 g/mol. The van der Waals surface area contributed by atoms with Crippen LogP contribution in [0.4, 0.5) is 0 Å². The third-order valence-corrected chi connectivity index (χ3v) is 1.22. The van der Waals surface area contributed by atoms with Gasteiger partial charge in [0.1, 0.15) is 12.4 Å². The van der Waals surface area contributed by atoms with Gasteiger partial charge in [-0.15, -0.1) is 0 Å². The van der Waals surface area contributed by atoms with Crippen molar-refractivity contribution in [2.24, 2.45) is 0 Å². The first-order valence-corrected chi connectivity index (χ1v) is 3.11. The van der Waals surface area contributed by atoms with Crippen LogP contribution < -0.4 is 5.32 Å². The van der Waals surface area contributed by atoms with Gasteiger partial charge in [-0.1, -0.05) is 0 Å². The van der Waals surface area contributed by atoms with E-state index in [-0.39, 0.29) is 6.79 Å². The normalized spacial score (nSPS) is 19.2. The van der Waals surface area contributed by atoms with Crippen molar-refractivity contribution in [3.8, 4) is 0 Å². The molecule has 1 aliphatic rings. The molecule has 1 heterocycles. The molecule has 1 unspecified atom stereocenters. The summed E-state index contributed by atoms with van der Waals surface area (Å²) in [5, 5.41) is 12.0. The minimum Gasteiger partial charge on any atom is -0.462 e. The highest BCUT2D eigenvalue weighted by Gasteiger charge is 2.15. The van der Waals surface area contributed by atoms with Gasteiger partial charge in [0.15, 0.2) is 5.76 Å². The van der Waals surface area contributed by atoms with Crippen molar-refractivity contribution in [1.82, 2.24) is 5.32 Å². The smallest absolute Gasteiger partial charge is 0.230 e. The highest BCUT2D eigenvalue weighted by atomic mass is 16.7. The van der Waals surface area contributed by atoms with Crippen LogP contribution in [0.2, 0.25) is 0 Å². The lowest BCUT2D eigenvalue weighted by Gasteiger charge is -2.08. The molecule has 1 atom stereocenters. The van der Waals surface area contributed by atoms with Gasteiger partial charge in [-0.25, -0.2) is 0 Å². The summed E-state index contributed by atoms with van der Waals surface area (Å²) in [5.41, 5.74) is 0. The Hall–Kier alpha value is -0.740. The van der Waals surface area contributed by atoms with Crippen LogP contribution in [0.15, 0.2) is 12.0 Å². The quantitative estimate of drug-likeness (QED) is 0.557. The summed E-state index contributed by atoms with van der Waals surface area (Å²) < 4.78 is 9.67. The highest BCUT2D eigenvalue weighted by Crippen LogP contribution is 2.09. The van der Waals surface area contributed by atoms with E-state index in [1.807, 2.05) is 0 Å². The van der Waals surface area contributed by atoms with Gasteiger partial charge in [0, 0.05) is 6.54 Å². The van der Waals surface area contributed by atoms with Gasteiger partial charge in [0.2, 0.25) is 6.79 Å². The van der Waals surface area contributed by atoms with Crippen molar-refractivity contribution in [3.05, 3.63) is 12.0 Å². The Labute approximate surface area is 59.4 Å². The Morgan fingerprint density at radius 2 is 2.70 bits per heavy atom. The summed E-state index contributed by atoms with van der Waals surface area (Å²) in [6.07, 6.45) is 0.842. The van der Waals surface area contributed by atoms with Gasteiger partial charge < -0.3 is 19.9 Å². The number of likely N-dealkylation sites (N-methyl/N-ethyl adjacent to an activating group) is 1. The molecule has 0 saturated heterocycles. The molecule has 58 valence electrons. The number of hydrogen-bond donors (Lipinski definition) is 2. The summed E-state index contributed by atoms with van der Waals surface area (Å²) in [5.74, 6) is 0.495. The third-order valence-electron chi connectivity index (χ3n) is 1.22. The summed E-state index contributed by atoms with van der Waals surface area (Å²) in [7, 11) is 1.76. The molecule has 0 amide bonds. The highest BCUT2D eigenvalue weighted by molar-refractivity contribution is 4.98. The maximum atomic E-state index is 9.21. The van der Waals surface area contributed by atoms with Crippen molar-refractivity contribution < 1.29 is 14.6 Å². The number of rotatable bonds is 3. The number of ether oxygens (including phenoxy) is 2. The van der Waals surface area contributed by atoms with Gasteiger partial charge in [-0.2, -0.15) is 0 Å². The van der Waals surface area contributed by atoms with E-state index in [0.717, 1.165) is 0 Å². The van der Waals surface area contributed by atoms with Crippen molar-refractivity contribution in [2.45, 2.75) is 6.10 Å². The number of aliphatic hydroxyl groups is 1. The van der Waals surface area contributed by atoms with Crippen molar-refractivity contribution in [3.63, 3.8) is 0 Å². The molecule has 1 aliphatic heterocycles. The molecule has 2 N–H and O–H groups in total. The SMILES string of the molecule is CNCC(O)C1=COCO1. The predicted molar refractivity (Wildman–Crippen MR) is 35.1 cm³/mol. The van der Waals surface area contributed by atoms with E-state index in [2.05, 4.69) is 5.32 Å². The summed E-state index contributed by atoms with van der Waals surface area (Å²) in [6.45, 7) is 0.700. The lowest BCUT2D eigenvalue weighted by atomic mass is 10.3. The molecule has 0 aromatic heterocycles. The van der Waals surface area contributed by atoms with E-state index in [4.69, 9.17) is 9.47 Å². The van der Waals surface area contributed by atoms with Crippen LogP contribution in [0.1, 0.15) is 0 Å². The minimum atomic E-state index is -0.590. The summed E-state index contributed by atoms with van der Waals surface area (Å²) >= 11 is 0. The molecule has 0 aliphatic carbocycles. The van der Waals surface area contributed by atoms with Gasteiger partial charge >= 0.3 is 0 Å². The molecule has 4 heteroatoms. The van der Waals surface area contributed by atoms with E-state index in [9.17, 15) is 5.11 Å². The van der Waals surface area contributed by atoms with Gasteiger partial charge in [0.05, 0.1) is 0 Å². The van der Waals surface area contributed by atoms with Crippen molar-refractivity contribution in [2.75, 3.05) is 20.4 Å². The Kier molecular flexibility index (Phi) is 2.53. The number of hydrogen-bond acceptors (Lipinski definition) is 4. The van der Waals surface area contributed by atoms with E-state index < -0.39 is 6.10 Å². The zero-order valence-corrected chi connectivity index (χ0v) is 5.83. The Morgan fingerprint density at radius 3 is 3.20 bits per heavy atom. The Balaban J connectivity index is 2.32.